The zero-order valence-electron chi connectivity index (χ0n) is 20.1. The summed E-state index contributed by atoms with van der Waals surface area (Å²) >= 11 is 1.34. The maximum Gasteiger partial charge on any atom is 0.241 e. The molecule has 5 atom stereocenters. The van der Waals surface area contributed by atoms with Crippen molar-refractivity contribution in [1.29, 1.82) is 0 Å². The molecule has 3 aliphatic carbocycles. The number of carbonyl (C=O) groups excluding carboxylic acids is 2. The van der Waals surface area contributed by atoms with Gasteiger partial charge in [0.25, 0.3) is 0 Å². The van der Waals surface area contributed by atoms with Gasteiger partial charge in [0.1, 0.15) is 11.4 Å². The number of halogens is 1. The summed E-state index contributed by atoms with van der Waals surface area (Å²) in [7, 11) is 0. The topological polar surface area (TPSA) is 84.2 Å². The van der Waals surface area contributed by atoms with Gasteiger partial charge in [0.15, 0.2) is 0 Å². The summed E-state index contributed by atoms with van der Waals surface area (Å²) in [6.07, 6.45) is 8.36. The van der Waals surface area contributed by atoms with E-state index in [0.29, 0.717) is 23.3 Å². The molecule has 33 heavy (non-hydrogen) atoms. The summed E-state index contributed by atoms with van der Waals surface area (Å²) in [6.45, 7) is 5.97. The highest BCUT2D eigenvalue weighted by Crippen LogP contribution is 2.49. The van der Waals surface area contributed by atoms with Crippen molar-refractivity contribution in [2.75, 3.05) is 0 Å². The second kappa shape index (κ2) is 9.57. The molecule has 3 aliphatic rings. The lowest BCUT2D eigenvalue weighted by atomic mass is 9.65. The lowest BCUT2D eigenvalue weighted by molar-refractivity contribution is -0.132. The molecule has 0 aliphatic heterocycles. The first-order valence-corrected chi connectivity index (χ1v) is 13.3. The third-order valence-corrected chi connectivity index (χ3v) is 9.50. The maximum atomic E-state index is 13.9. The Kier molecular flexibility index (Phi) is 7.11. The normalized spacial score (nSPS) is 33.0. The highest BCUT2D eigenvalue weighted by atomic mass is 32.2. The molecule has 0 heterocycles. The predicted molar refractivity (Wildman–Crippen MR) is 130 cm³/mol. The Labute approximate surface area is 201 Å². The van der Waals surface area contributed by atoms with Crippen molar-refractivity contribution in [2.45, 2.75) is 95.0 Å². The Morgan fingerprint density at radius 1 is 1.18 bits per heavy atom. The molecule has 5 nitrogen and oxygen atoms in total. The zero-order valence-corrected chi connectivity index (χ0v) is 20.9. The fraction of sp³-hybridized carbons (Fsp3) is 0.692. The smallest absolute Gasteiger partial charge is 0.241 e. The first kappa shape index (κ1) is 24.5. The van der Waals surface area contributed by atoms with Gasteiger partial charge in [-0.1, -0.05) is 26.3 Å². The van der Waals surface area contributed by atoms with Gasteiger partial charge in [0.2, 0.25) is 11.8 Å². The molecule has 1 aromatic rings. The number of hydrogen-bond donors (Lipinski definition) is 3. The van der Waals surface area contributed by atoms with Crippen LogP contribution in [0.25, 0.3) is 0 Å². The summed E-state index contributed by atoms with van der Waals surface area (Å²) in [5.41, 5.74) is 5.36. The van der Waals surface area contributed by atoms with Gasteiger partial charge in [0, 0.05) is 16.4 Å². The van der Waals surface area contributed by atoms with Crippen LogP contribution in [0.15, 0.2) is 23.1 Å². The van der Waals surface area contributed by atoms with Crippen molar-refractivity contribution in [3.05, 3.63) is 29.6 Å². The van der Waals surface area contributed by atoms with Crippen LogP contribution in [0.5, 0.6) is 0 Å². The molecule has 0 spiro atoms. The Hall–Kier alpha value is -1.60. The number of hydrogen-bond acceptors (Lipinski definition) is 4. The maximum absolute atomic E-state index is 13.9. The minimum atomic E-state index is -0.604. The van der Waals surface area contributed by atoms with Gasteiger partial charge in [-0.25, -0.2) is 9.11 Å². The van der Waals surface area contributed by atoms with Gasteiger partial charge in [-0.3, -0.25) is 9.59 Å². The average molecular weight is 476 g/mol. The molecular formula is C26H38FN3O2S. The van der Waals surface area contributed by atoms with Crippen LogP contribution >= 0.6 is 11.9 Å². The third-order valence-electron chi connectivity index (χ3n) is 8.52. The van der Waals surface area contributed by atoms with E-state index in [0.717, 1.165) is 62.7 Å². The molecule has 2 amide bonds. The highest BCUT2D eigenvalue weighted by molar-refractivity contribution is 7.97. The third kappa shape index (κ3) is 5.09. The molecule has 0 radical (unpaired) electrons. The van der Waals surface area contributed by atoms with Gasteiger partial charge in [-0.05, 0) is 106 Å². The SMILES string of the molecule is CCC1CC2CC(CC1NC(=O)C1(NSc3ccc(C)c(F)c3)CCC1)CC(C)(C(N)=O)C2. The number of carbonyl (C=O) groups is 2. The fourth-order valence-electron chi connectivity index (χ4n) is 6.33. The van der Waals surface area contributed by atoms with Crippen LogP contribution in [0.3, 0.4) is 0 Å². The number of amides is 2. The molecule has 5 unspecified atom stereocenters. The van der Waals surface area contributed by atoms with Crippen molar-refractivity contribution >= 4 is 23.8 Å². The number of fused-ring (bicyclic) bond motifs is 2. The lowest BCUT2D eigenvalue weighted by Gasteiger charge is -2.42. The predicted octanol–water partition coefficient (Wildman–Crippen LogP) is 4.87. The molecule has 3 fully saturated rings. The van der Waals surface area contributed by atoms with Gasteiger partial charge in [-0.15, -0.1) is 0 Å². The van der Waals surface area contributed by atoms with Gasteiger partial charge in [0.05, 0.1) is 0 Å². The summed E-state index contributed by atoms with van der Waals surface area (Å²) in [5.74, 6) is 0.970. The zero-order chi connectivity index (χ0) is 23.8. The van der Waals surface area contributed by atoms with E-state index < -0.39 is 11.0 Å². The number of rotatable bonds is 7. The first-order chi connectivity index (χ1) is 15.6. The van der Waals surface area contributed by atoms with Gasteiger partial charge < -0.3 is 11.1 Å². The molecule has 4 rings (SSSR count). The van der Waals surface area contributed by atoms with E-state index in [2.05, 4.69) is 17.0 Å². The number of aryl methyl sites for hydroxylation is 1. The fourth-order valence-corrected chi connectivity index (χ4v) is 7.24. The second-order valence-electron chi connectivity index (χ2n) is 11.1. The van der Waals surface area contributed by atoms with Gasteiger partial charge in [-0.2, -0.15) is 0 Å². The molecular weight excluding hydrogens is 437 g/mol. The van der Waals surface area contributed by atoms with Crippen LogP contribution in [0.4, 0.5) is 4.39 Å². The molecule has 0 saturated heterocycles. The molecule has 2 bridgehead atoms. The molecule has 7 heteroatoms. The van der Waals surface area contributed by atoms with E-state index in [1.807, 2.05) is 13.0 Å². The van der Waals surface area contributed by atoms with Crippen LogP contribution in [-0.2, 0) is 9.59 Å². The quantitative estimate of drug-likeness (QED) is 0.492. The van der Waals surface area contributed by atoms with Crippen LogP contribution in [0.1, 0.15) is 77.2 Å². The van der Waals surface area contributed by atoms with Crippen molar-refractivity contribution in [3.63, 3.8) is 0 Å². The van der Waals surface area contributed by atoms with Crippen molar-refractivity contribution in [2.24, 2.45) is 28.9 Å². The number of nitrogens with two attached hydrogens (primary N) is 1. The second-order valence-corrected chi connectivity index (χ2v) is 12.0. The summed E-state index contributed by atoms with van der Waals surface area (Å²) in [4.78, 5) is 26.5. The Balaban J connectivity index is 1.44. The van der Waals surface area contributed by atoms with E-state index in [1.54, 1.807) is 13.0 Å². The average Bonchev–Trinajstić information content (AvgIpc) is 2.84. The summed E-state index contributed by atoms with van der Waals surface area (Å²) < 4.78 is 17.3. The van der Waals surface area contributed by atoms with Gasteiger partial charge >= 0.3 is 0 Å². The standard InChI is InChI=1S/C26H38FN3O2S/c1-4-19-11-17-10-18(15-25(3,14-17)23(28)31)12-22(19)29-24(32)26(8-5-9-26)30-33-20-7-6-16(2)21(27)13-20/h6-7,13,17-19,22,30H,4-5,8-12,14-15H2,1-3H3,(H2,28,31)(H,29,32). The molecule has 3 saturated carbocycles. The minimum Gasteiger partial charge on any atom is -0.369 e. The minimum absolute atomic E-state index is 0.0615. The summed E-state index contributed by atoms with van der Waals surface area (Å²) in [6, 6.07) is 5.29. The van der Waals surface area contributed by atoms with Crippen molar-refractivity contribution in [3.8, 4) is 0 Å². The largest absolute Gasteiger partial charge is 0.369 e. The first-order valence-electron chi connectivity index (χ1n) is 12.4. The van der Waals surface area contributed by atoms with Crippen LogP contribution in [0.2, 0.25) is 0 Å². The Bertz CT molecular complexity index is 906. The molecule has 4 N–H and O–H groups in total. The van der Waals surface area contributed by atoms with Crippen LogP contribution in [0, 0.1) is 35.9 Å². The number of benzene rings is 1. The van der Waals surface area contributed by atoms with E-state index in [1.165, 1.54) is 18.0 Å². The molecule has 1 aromatic carbocycles. The van der Waals surface area contributed by atoms with E-state index in [4.69, 9.17) is 5.73 Å². The van der Waals surface area contributed by atoms with Crippen LogP contribution in [-0.4, -0.2) is 23.4 Å². The highest BCUT2D eigenvalue weighted by Gasteiger charge is 2.48. The summed E-state index contributed by atoms with van der Waals surface area (Å²) in [5, 5.41) is 3.42. The van der Waals surface area contributed by atoms with Crippen LogP contribution < -0.4 is 15.8 Å². The van der Waals surface area contributed by atoms with E-state index >= 15 is 0 Å². The van der Waals surface area contributed by atoms with E-state index in [9.17, 15) is 14.0 Å². The molecule has 0 aromatic heterocycles. The lowest BCUT2D eigenvalue weighted by Crippen LogP contribution is -2.61. The van der Waals surface area contributed by atoms with Crippen molar-refractivity contribution in [1.82, 2.24) is 10.0 Å². The van der Waals surface area contributed by atoms with E-state index in [-0.39, 0.29) is 23.7 Å². The number of primary amides is 1. The monoisotopic (exact) mass is 475 g/mol. The Morgan fingerprint density at radius 2 is 1.88 bits per heavy atom. The van der Waals surface area contributed by atoms with Crippen molar-refractivity contribution < 1.29 is 14.0 Å². The molecule has 182 valence electrons. The number of nitrogens with one attached hydrogen (secondary N) is 2. The Morgan fingerprint density at radius 3 is 2.45 bits per heavy atom.